The third-order valence-electron chi connectivity index (χ3n) is 1.81. The van der Waals surface area contributed by atoms with E-state index in [0.29, 0.717) is 15.9 Å². The van der Waals surface area contributed by atoms with Crippen LogP contribution in [0, 0.1) is 0 Å². The van der Waals surface area contributed by atoms with E-state index in [2.05, 4.69) is 20.9 Å². The first-order chi connectivity index (χ1) is 6.59. The molecule has 0 amide bonds. The smallest absolute Gasteiger partial charge is 0.142 e. The second kappa shape index (κ2) is 3.57. The van der Waals surface area contributed by atoms with Gasteiger partial charge < -0.3 is 5.11 Å². The van der Waals surface area contributed by atoms with Crippen molar-refractivity contribution in [3.8, 4) is 5.75 Å². The zero-order chi connectivity index (χ0) is 10.3. The van der Waals surface area contributed by atoms with Gasteiger partial charge in [-0.3, -0.25) is 0 Å². The molecular formula is C9H4BrCl2NO. The van der Waals surface area contributed by atoms with Crippen molar-refractivity contribution in [1.29, 1.82) is 0 Å². The maximum atomic E-state index is 9.54. The Hall–Kier alpha value is -0.510. The van der Waals surface area contributed by atoms with E-state index in [4.69, 9.17) is 23.2 Å². The molecule has 14 heavy (non-hydrogen) atoms. The molecule has 2 nitrogen and oxygen atoms in total. The van der Waals surface area contributed by atoms with Gasteiger partial charge in [0.05, 0.1) is 5.02 Å². The van der Waals surface area contributed by atoms with Crippen molar-refractivity contribution in [3.05, 3.63) is 32.8 Å². The predicted molar refractivity (Wildman–Crippen MR) is 61.1 cm³/mol. The number of aromatic hydroxyl groups is 1. The van der Waals surface area contributed by atoms with Crippen LogP contribution in [0.1, 0.15) is 0 Å². The molecule has 0 atom stereocenters. The highest BCUT2D eigenvalue weighted by molar-refractivity contribution is 9.10. The van der Waals surface area contributed by atoms with Crippen molar-refractivity contribution in [2.75, 3.05) is 0 Å². The number of phenolic OH excluding ortho intramolecular Hbond substituents is 1. The van der Waals surface area contributed by atoms with E-state index in [9.17, 15) is 5.11 Å². The van der Waals surface area contributed by atoms with Crippen LogP contribution in [0.3, 0.4) is 0 Å². The van der Waals surface area contributed by atoms with Crippen LogP contribution in [0.15, 0.2) is 22.7 Å². The SMILES string of the molecule is Oc1ccc(Br)c2c(Cl)cc(Cl)nc12. The molecule has 0 aliphatic rings. The summed E-state index contributed by atoms with van der Waals surface area (Å²) in [7, 11) is 0. The van der Waals surface area contributed by atoms with Crippen molar-refractivity contribution >= 4 is 50.0 Å². The van der Waals surface area contributed by atoms with Crippen LogP contribution in [-0.4, -0.2) is 10.1 Å². The molecule has 5 heteroatoms. The van der Waals surface area contributed by atoms with Crippen LogP contribution in [0.25, 0.3) is 10.9 Å². The average molecular weight is 293 g/mol. The third-order valence-corrected chi connectivity index (χ3v) is 2.96. The second-order valence-corrected chi connectivity index (χ2v) is 4.37. The first-order valence-electron chi connectivity index (χ1n) is 3.73. The van der Waals surface area contributed by atoms with Gasteiger partial charge in [-0.15, -0.1) is 0 Å². The van der Waals surface area contributed by atoms with Crippen molar-refractivity contribution in [1.82, 2.24) is 4.98 Å². The summed E-state index contributed by atoms with van der Waals surface area (Å²) in [5.74, 6) is 0.0626. The maximum absolute atomic E-state index is 9.54. The first-order valence-corrected chi connectivity index (χ1v) is 5.27. The van der Waals surface area contributed by atoms with E-state index < -0.39 is 0 Å². The zero-order valence-corrected chi connectivity index (χ0v) is 9.86. The molecule has 2 rings (SSSR count). The Morgan fingerprint density at radius 3 is 2.71 bits per heavy atom. The number of aromatic nitrogens is 1. The lowest BCUT2D eigenvalue weighted by Gasteiger charge is -2.04. The van der Waals surface area contributed by atoms with Crippen LogP contribution in [0.4, 0.5) is 0 Å². The molecule has 0 aliphatic carbocycles. The highest BCUT2D eigenvalue weighted by Crippen LogP contribution is 2.35. The first kappa shape index (κ1) is 10.0. The number of hydrogen-bond acceptors (Lipinski definition) is 2. The average Bonchev–Trinajstić information content (AvgIpc) is 2.10. The van der Waals surface area contributed by atoms with Gasteiger partial charge in [-0.05, 0) is 18.2 Å². The number of halogens is 3. The molecule has 0 aliphatic heterocycles. The van der Waals surface area contributed by atoms with E-state index in [1.165, 1.54) is 12.1 Å². The monoisotopic (exact) mass is 291 g/mol. The fourth-order valence-electron chi connectivity index (χ4n) is 1.21. The fraction of sp³-hybridized carbons (Fsp3) is 0. The molecule has 1 heterocycles. The van der Waals surface area contributed by atoms with Gasteiger partial charge in [0.15, 0.2) is 0 Å². The molecule has 72 valence electrons. The van der Waals surface area contributed by atoms with Crippen LogP contribution in [0.2, 0.25) is 10.2 Å². The lowest BCUT2D eigenvalue weighted by atomic mass is 10.2. The molecule has 1 aromatic carbocycles. The summed E-state index contributed by atoms with van der Waals surface area (Å²) < 4.78 is 0.777. The topological polar surface area (TPSA) is 33.1 Å². The van der Waals surface area contributed by atoms with Gasteiger partial charge in [-0.25, -0.2) is 4.98 Å². The Morgan fingerprint density at radius 2 is 2.00 bits per heavy atom. The van der Waals surface area contributed by atoms with Gasteiger partial charge in [0.2, 0.25) is 0 Å². The van der Waals surface area contributed by atoms with Crippen molar-refractivity contribution in [2.24, 2.45) is 0 Å². The van der Waals surface area contributed by atoms with Gasteiger partial charge in [-0.2, -0.15) is 0 Å². The molecule has 1 N–H and O–H groups in total. The van der Waals surface area contributed by atoms with Gasteiger partial charge in [0.25, 0.3) is 0 Å². The summed E-state index contributed by atoms with van der Waals surface area (Å²) in [6, 6.07) is 4.78. The normalized spacial score (nSPS) is 10.8. The zero-order valence-electron chi connectivity index (χ0n) is 6.76. The van der Waals surface area contributed by atoms with E-state index in [1.807, 2.05) is 0 Å². The van der Waals surface area contributed by atoms with E-state index in [0.717, 1.165) is 4.47 Å². The summed E-state index contributed by atoms with van der Waals surface area (Å²) in [4.78, 5) is 4.00. The molecule has 0 saturated heterocycles. The Balaban J connectivity index is 3.00. The molecule has 0 unspecified atom stereocenters. The minimum absolute atomic E-state index is 0.0626. The molecule has 1 aromatic heterocycles. The fourth-order valence-corrected chi connectivity index (χ4v) is 2.40. The lowest BCUT2D eigenvalue weighted by molar-refractivity contribution is 0.480. The minimum atomic E-state index is 0.0626. The van der Waals surface area contributed by atoms with Crippen molar-refractivity contribution in [2.45, 2.75) is 0 Å². The number of nitrogens with zero attached hydrogens (tertiary/aromatic N) is 1. The number of rotatable bonds is 0. The van der Waals surface area contributed by atoms with Crippen LogP contribution in [-0.2, 0) is 0 Å². The summed E-state index contributed by atoms with van der Waals surface area (Å²) in [6.07, 6.45) is 0. The number of fused-ring (bicyclic) bond motifs is 1. The summed E-state index contributed by atoms with van der Waals surface area (Å²) in [6.45, 7) is 0. The van der Waals surface area contributed by atoms with Gasteiger partial charge in [0.1, 0.15) is 16.4 Å². The van der Waals surface area contributed by atoms with Crippen LogP contribution >= 0.6 is 39.1 Å². The van der Waals surface area contributed by atoms with Crippen molar-refractivity contribution < 1.29 is 5.11 Å². The highest BCUT2D eigenvalue weighted by atomic mass is 79.9. The molecule has 0 bridgehead atoms. The largest absolute Gasteiger partial charge is 0.506 e. The molecule has 2 aromatic rings. The maximum Gasteiger partial charge on any atom is 0.142 e. The number of benzene rings is 1. The van der Waals surface area contributed by atoms with Crippen molar-refractivity contribution in [3.63, 3.8) is 0 Å². The minimum Gasteiger partial charge on any atom is -0.506 e. The third kappa shape index (κ3) is 1.56. The van der Waals surface area contributed by atoms with Crippen LogP contribution in [0.5, 0.6) is 5.75 Å². The van der Waals surface area contributed by atoms with Crippen LogP contribution < -0.4 is 0 Å². The summed E-state index contributed by atoms with van der Waals surface area (Å²) >= 11 is 15.0. The number of hydrogen-bond donors (Lipinski definition) is 1. The molecular weight excluding hydrogens is 289 g/mol. The lowest BCUT2D eigenvalue weighted by Crippen LogP contribution is -1.83. The van der Waals surface area contributed by atoms with E-state index in [1.54, 1.807) is 6.07 Å². The summed E-state index contributed by atoms with van der Waals surface area (Å²) in [5, 5.41) is 10.9. The Labute approximate surface area is 98.6 Å². The molecule has 0 spiro atoms. The quantitative estimate of drug-likeness (QED) is 0.744. The molecule has 0 fully saturated rings. The Kier molecular flexibility index (Phi) is 2.56. The molecule has 0 saturated carbocycles. The standard InChI is InChI=1S/C9H4BrCl2NO/c10-4-1-2-6(14)9-8(4)5(11)3-7(12)13-9/h1-3,14H. The predicted octanol–water partition coefficient (Wildman–Crippen LogP) is 4.01. The van der Waals surface area contributed by atoms with Gasteiger partial charge >= 0.3 is 0 Å². The molecule has 0 radical (unpaired) electrons. The second-order valence-electron chi connectivity index (χ2n) is 2.72. The summed E-state index contributed by atoms with van der Waals surface area (Å²) in [5.41, 5.74) is 0.400. The Bertz CT molecular complexity index is 516. The van der Waals surface area contributed by atoms with E-state index >= 15 is 0 Å². The number of pyridine rings is 1. The highest BCUT2D eigenvalue weighted by Gasteiger charge is 2.09. The van der Waals surface area contributed by atoms with E-state index in [-0.39, 0.29) is 10.9 Å². The Morgan fingerprint density at radius 1 is 1.29 bits per heavy atom. The van der Waals surface area contributed by atoms with Gasteiger partial charge in [-0.1, -0.05) is 39.1 Å². The number of phenols is 1. The van der Waals surface area contributed by atoms with Gasteiger partial charge in [0, 0.05) is 9.86 Å².